The lowest BCUT2D eigenvalue weighted by molar-refractivity contribution is -0.745. The van der Waals surface area contributed by atoms with Crippen molar-refractivity contribution < 1.29 is 61.0 Å². The lowest BCUT2D eigenvalue weighted by Crippen LogP contribution is -2.46. The molecule has 5 N–H and O–H groups in total. The van der Waals surface area contributed by atoms with Crippen molar-refractivity contribution in [3.63, 3.8) is 0 Å². The Balaban J connectivity index is 1.73. The number of phosphoric acid groups is 2. The fourth-order valence-electron chi connectivity index (χ4n) is 3.17. The number of ether oxygens (including phenoxy) is 1. The third-order valence-electron chi connectivity index (χ3n) is 4.51. The molecule has 2 aromatic heterocycles. The van der Waals surface area contributed by atoms with E-state index < -0.39 is 66.1 Å². The molecule has 0 aromatic carbocycles. The van der Waals surface area contributed by atoms with Crippen LogP contribution in [0.1, 0.15) is 6.23 Å². The molecule has 7 atom stereocenters. The van der Waals surface area contributed by atoms with Gasteiger partial charge in [-0.05, 0) is 0 Å². The number of fused-ring (bicyclic) bond motifs is 1. The molecule has 2 aromatic rings. The summed E-state index contributed by atoms with van der Waals surface area (Å²) in [4.78, 5) is 53.2. The van der Waals surface area contributed by atoms with Crippen molar-refractivity contribution in [2.75, 3.05) is 18.5 Å². The quantitative estimate of drug-likeness (QED) is 0.130. The minimum absolute atomic E-state index is 0.0355. The topological polar surface area (TPSA) is 278 Å². The Morgan fingerprint density at radius 1 is 1.29 bits per heavy atom. The van der Waals surface area contributed by atoms with Gasteiger partial charge in [0.1, 0.15) is 18.3 Å². The van der Waals surface area contributed by atoms with Gasteiger partial charge in [0.15, 0.2) is 13.9 Å². The molecule has 35 heavy (non-hydrogen) atoms. The smallest absolute Gasteiger partial charge is 0.313 e. The molecule has 0 amide bonds. The van der Waals surface area contributed by atoms with E-state index >= 15 is 0 Å². The van der Waals surface area contributed by atoms with Gasteiger partial charge in [-0.3, -0.25) is 27.8 Å². The average molecular weight is 557 g/mol. The number of nitrogens with one attached hydrogen (secondary N) is 1. The third kappa shape index (κ3) is 6.25. The fraction of sp³-hybridized carbons (Fsp3) is 0.500. The molecule has 0 bridgehead atoms. The maximum absolute atomic E-state index is 12.1. The van der Waals surface area contributed by atoms with Gasteiger partial charge in [-0.15, -0.1) is 6.42 Å². The molecule has 1 aliphatic rings. The SMILES string of the molecule is C#CCP(=O)([O-])OP(=O)([O-])OP(=O)([O-])OC[C@H]1O[C@@H]([n+]2cn(C)c3c(=O)[nH]c(N)nc32)[C@@H](O)C1O. The van der Waals surface area contributed by atoms with Crippen LogP contribution in [0.2, 0.25) is 0 Å². The highest BCUT2D eigenvalue weighted by atomic mass is 31.3. The number of aryl methyl sites for hydroxylation is 1. The fourth-order valence-corrected chi connectivity index (χ4v) is 6.73. The first-order valence-electron chi connectivity index (χ1n) is 9.26. The van der Waals surface area contributed by atoms with Crippen LogP contribution in [-0.4, -0.2) is 55.8 Å². The van der Waals surface area contributed by atoms with Crippen molar-refractivity contribution in [3.05, 3.63) is 16.7 Å². The van der Waals surface area contributed by atoms with Gasteiger partial charge in [-0.2, -0.15) is 0 Å². The predicted molar refractivity (Wildman–Crippen MR) is 107 cm³/mol. The van der Waals surface area contributed by atoms with Crippen LogP contribution >= 0.6 is 23.2 Å². The van der Waals surface area contributed by atoms with E-state index in [4.69, 9.17) is 16.9 Å². The number of phosphoric ester groups is 1. The summed E-state index contributed by atoms with van der Waals surface area (Å²) in [6.07, 6.45) is -1.57. The zero-order chi connectivity index (χ0) is 26.3. The molecule has 0 aliphatic carbocycles. The Kier molecular flexibility index (Phi) is 7.76. The maximum atomic E-state index is 12.1. The number of nitrogens with two attached hydrogens (primary N) is 1. The maximum Gasteiger partial charge on any atom is 0.313 e. The number of aromatic nitrogens is 4. The molecule has 0 radical (unpaired) electrons. The summed E-state index contributed by atoms with van der Waals surface area (Å²) in [5, 5.41) is 20.7. The number of terminal acetylenes is 1. The number of nitrogen functional groups attached to an aromatic ring is 1. The lowest BCUT2D eigenvalue weighted by atomic mass is 10.1. The van der Waals surface area contributed by atoms with Gasteiger partial charge in [0.25, 0.3) is 27.2 Å². The number of aliphatic hydroxyl groups is 2. The summed E-state index contributed by atoms with van der Waals surface area (Å²) in [6, 6.07) is 0. The van der Waals surface area contributed by atoms with Crippen molar-refractivity contribution in [1.82, 2.24) is 14.5 Å². The number of hydrogen-bond donors (Lipinski definition) is 4. The second-order valence-corrected chi connectivity index (χ2v) is 12.0. The van der Waals surface area contributed by atoms with E-state index in [2.05, 4.69) is 23.1 Å². The monoisotopic (exact) mass is 557 g/mol. The Labute approximate surface area is 195 Å². The zero-order valence-corrected chi connectivity index (χ0v) is 20.2. The molecular formula is C14H18N5O13P3-2. The average Bonchev–Trinajstić information content (AvgIpc) is 3.15. The summed E-state index contributed by atoms with van der Waals surface area (Å²) in [6.45, 7) is -1.07. The summed E-state index contributed by atoms with van der Waals surface area (Å²) >= 11 is 0. The van der Waals surface area contributed by atoms with Gasteiger partial charge >= 0.3 is 5.65 Å². The summed E-state index contributed by atoms with van der Waals surface area (Å²) in [5.41, 5.74) is 4.93. The lowest BCUT2D eigenvalue weighted by Gasteiger charge is -2.34. The first-order chi connectivity index (χ1) is 16.1. The Bertz CT molecular complexity index is 1370. The molecule has 0 spiro atoms. The largest absolute Gasteiger partial charge is 0.778 e. The van der Waals surface area contributed by atoms with Gasteiger partial charge in [0, 0.05) is 0 Å². The molecular weight excluding hydrogens is 539 g/mol. The van der Waals surface area contributed by atoms with E-state index in [0.29, 0.717) is 0 Å². The first kappa shape index (κ1) is 27.6. The van der Waals surface area contributed by atoms with Gasteiger partial charge < -0.3 is 44.5 Å². The first-order valence-corrected chi connectivity index (χ1v) is 13.9. The molecule has 3 heterocycles. The van der Waals surface area contributed by atoms with Gasteiger partial charge in [0.05, 0.1) is 19.8 Å². The normalized spacial score (nSPS) is 27.7. The number of aromatic amines is 1. The van der Waals surface area contributed by atoms with Gasteiger partial charge in [0.2, 0.25) is 11.7 Å². The van der Waals surface area contributed by atoms with Crippen LogP contribution in [-0.2, 0) is 38.6 Å². The highest BCUT2D eigenvalue weighted by molar-refractivity contribution is 7.67. The van der Waals surface area contributed by atoms with Crippen LogP contribution in [0.5, 0.6) is 0 Å². The van der Waals surface area contributed by atoms with E-state index in [-0.39, 0.29) is 17.1 Å². The van der Waals surface area contributed by atoms with Crippen LogP contribution in [0.3, 0.4) is 0 Å². The van der Waals surface area contributed by atoms with Crippen LogP contribution in [0.25, 0.3) is 11.2 Å². The number of imidazole rings is 1. The highest BCUT2D eigenvalue weighted by Crippen LogP contribution is 2.62. The van der Waals surface area contributed by atoms with E-state index in [0.717, 1.165) is 4.57 Å². The predicted octanol–water partition coefficient (Wildman–Crippen LogP) is -4.08. The van der Waals surface area contributed by atoms with Crippen LogP contribution < -0.4 is 30.5 Å². The number of aliphatic hydroxyl groups excluding tert-OH is 2. The molecule has 18 nitrogen and oxygen atoms in total. The minimum atomic E-state index is -5.98. The van der Waals surface area contributed by atoms with E-state index in [1.54, 1.807) is 5.92 Å². The second kappa shape index (κ2) is 9.83. The number of hydrogen-bond acceptors (Lipinski definition) is 15. The van der Waals surface area contributed by atoms with E-state index in [9.17, 15) is 43.4 Å². The molecule has 1 saturated heterocycles. The number of rotatable bonds is 9. The minimum Gasteiger partial charge on any atom is -0.778 e. The van der Waals surface area contributed by atoms with Crippen molar-refractivity contribution in [2.45, 2.75) is 24.5 Å². The number of nitrogens with zero attached hydrogens (tertiary/aromatic N) is 3. The summed E-state index contributed by atoms with van der Waals surface area (Å²) in [7, 11) is -15.5. The van der Waals surface area contributed by atoms with Crippen molar-refractivity contribution in [2.24, 2.45) is 7.05 Å². The molecule has 0 saturated carbocycles. The van der Waals surface area contributed by atoms with Crippen molar-refractivity contribution in [1.29, 1.82) is 0 Å². The summed E-state index contributed by atoms with van der Waals surface area (Å²) < 4.78 is 54.4. The van der Waals surface area contributed by atoms with Crippen LogP contribution in [0.15, 0.2) is 11.1 Å². The zero-order valence-electron chi connectivity index (χ0n) is 17.5. The molecule has 1 fully saturated rings. The van der Waals surface area contributed by atoms with Crippen LogP contribution in [0.4, 0.5) is 5.95 Å². The Morgan fingerprint density at radius 2 is 1.94 bits per heavy atom. The summed E-state index contributed by atoms with van der Waals surface area (Å²) in [5.74, 6) is 1.35. The second-order valence-electron chi connectivity index (χ2n) is 7.13. The Hall–Kier alpha value is -1.96. The third-order valence-corrected chi connectivity index (χ3v) is 8.94. The number of anilines is 1. The number of H-pyrrole nitrogens is 1. The molecule has 3 rings (SSSR count). The molecule has 194 valence electrons. The Morgan fingerprint density at radius 3 is 2.57 bits per heavy atom. The van der Waals surface area contributed by atoms with Crippen molar-refractivity contribution >= 4 is 40.4 Å². The van der Waals surface area contributed by atoms with Gasteiger partial charge in [-0.1, -0.05) is 10.9 Å². The van der Waals surface area contributed by atoms with E-state index in [1.165, 1.54) is 17.9 Å². The van der Waals surface area contributed by atoms with Gasteiger partial charge in [-0.25, -0.2) is 8.88 Å². The molecule has 21 heteroatoms. The van der Waals surface area contributed by atoms with Crippen LogP contribution in [0, 0.1) is 12.3 Å². The standard InChI is InChI=1S/C14H20N5O13P3/c1-3-4-33(23,24)31-35(27,28)32-34(25,26)29-5-7-9(20)10(21)13(30-7)19-6-18(2)8-11(19)16-14(15)17-12(8)22/h1,6-7,9-10,13,20-21H,4-5H2,2H3,(H5-,15,16,17,22,23,24,25,26,27,28)/p-2/t7-,9?,10+,13-/m1/s1. The highest BCUT2D eigenvalue weighted by Gasteiger charge is 2.47. The van der Waals surface area contributed by atoms with E-state index in [1.807, 2.05) is 0 Å². The molecule has 1 aliphatic heterocycles. The van der Waals surface area contributed by atoms with Crippen molar-refractivity contribution in [3.8, 4) is 12.3 Å². The molecule has 4 unspecified atom stereocenters.